The highest BCUT2D eigenvalue weighted by Crippen LogP contribution is 2.39. The molecule has 32 heavy (non-hydrogen) atoms. The Morgan fingerprint density at radius 1 is 1.00 bits per heavy atom. The number of hydrogen-bond acceptors (Lipinski definition) is 5. The van der Waals surface area contributed by atoms with Gasteiger partial charge >= 0.3 is 0 Å². The van der Waals surface area contributed by atoms with Crippen LogP contribution in [-0.4, -0.2) is 26.9 Å². The summed E-state index contributed by atoms with van der Waals surface area (Å²) in [4.78, 5) is 17.5. The number of benzene rings is 3. The van der Waals surface area contributed by atoms with E-state index in [1.54, 1.807) is 30.3 Å². The van der Waals surface area contributed by atoms with Crippen LogP contribution in [0.3, 0.4) is 0 Å². The molecule has 158 valence electrons. The lowest BCUT2D eigenvalue weighted by molar-refractivity contribution is -0.113. The van der Waals surface area contributed by atoms with Crippen LogP contribution in [0.1, 0.15) is 29.2 Å². The van der Waals surface area contributed by atoms with Gasteiger partial charge in [0.25, 0.3) is 5.91 Å². The van der Waals surface area contributed by atoms with E-state index >= 15 is 0 Å². The number of carbonyl (C=O) groups is 1. The van der Waals surface area contributed by atoms with Gasteiger partial charge in [-0.2, -0.15) is 10.1 Å². The highest BCUT2D eigenvalue weighted by Gasteiger charge is 2.36. The molecule has 0 bridgehead atoms. The molecular formula is C25H18ClN3O2S. The SMILES string of the molecule is O=C1N=C(N2N=C(c3ccccc3)CC2c2ccc(Cl)cc2)S/C1=C\c1ccc(O)cc1. The van der Waals surface area contributed by atoms with E-state index in [4.69, 9.17) is 16.7 Å². The maximum Gasteiger partial charge on any atom is 0.286 e. The zero-order chi connectivity index (χ0) is 22.1. The molecule has 0 fully saturated rings. The van der Waals surface area contributed by atoms with Gasteiger partial charge in [-0.05, 0) is 58.8 Å². The Labute approximate surface area is 194 Å². The lowest BCUT2D eigenvalue weighted by Crippen LogP contribution is -2.23. The van der Waals surface area contributed by atoms with Crippen LogP contribution in [0.2, 0.25) is 5.02 Å². The largest absolute Gasteiger partial charge is 0.508 e. The Morgan fingerprint density at radius 2 is 1.72 bits per heavy atom. The van der Waals surface area contributed by atoms with Crippen molar-refractivity contribution in [2.45, 2.75) is 12.5 Å². The van der Waals surface area contributed by atoms with E-state index in [2.05, 4.69) is 4.99 Å². The quantitative estimate of drug-likeness (QED) is 0.497. The van der Waals surface area contributed by atoms with Crippen molar-refractivity contribution in [3.63, 3.8) is 0 Å². The fourth-order valence-corrected chi connectivity index (χ4v) is 4.70. The number of hydrogen-bond donors (Lipinski definition) is 1. The molecule has 0 aliphatic carbocycles. The molecule has 5 nitrogen and oxygen atoms in total. The van der Waals surface area contributed by atoms with Crippen molar-refractivity contribution >= 4 is 46.2 Å². The molecule has 0 saturated carbocycles. The van der Waals surface area contributed by atoms with Crippen molar-refractivity contribution in [3.8, 4) is 5.75 Å². The molecule has 3 aromatic rings. The van der Waals surface area contributed by atoms with Crippen molar-refractivity contribution in [1.29, 1.82) is 0 Å². The monoisotopic (exact) mass is 459 g/mol. The molecule has 0 aromatic heterocycles. The number of nitrogens with zero attached hydrogens (tertiary/aromatic N) is 3. The predicted molar refractivity (Wildman–Crippen MR) is 130 cm³/mol. The Kier molecular flexibility index (Phi) is 5.55. The first-order valence-electron chi connectivity index (χ1n) is 10.1. The Morgan fingerprint density at radius 3 is 2.44 bits per heavy atom. The summed E-state index contributed by atoms with van der Waals surface area (Å²) in [6.07, 6.45) is 2.47. The first kappa shape index (κ1) is 20.5. The molecule has 2 aliphatic rings. The Balaban J connectivity index is 1.47. The summed E-state index contributed by atoms with van der Waals surface area (Å²) in [6.45, 7) is 0. The van der Waals surface area contributed by atoms with Crippen LogP contribution in [0.25, 0.3) is 6.08 Å². The zero-order valence-corrected chi connectivity index (χ0v) is 18.4. The van der Waals surface area contributed by atoms with E-state index in [1.165, 1.54) is 11.8 Å². The number of amidine groups is 1. The first-order valence-corrected chi connectivity index (χ1v) is 11.3. The molecule has 1 N–H and O–H groups in total. The summed E-state index contributed by atoms with van der Waals surface area (Å²) in [7, 11) is 0. The van der Waals surface area contributed by atoms with Gasteiger partial charge in [-0.3, -0.25) is 4.79 Å². The van der Waals surface area contributed by atoms with Crippen LogP contribution < -0.4 is 0 Å². The van der Waals surface area contributed by atoms with Gasteiger partial charge in [0.05, 0.1) is 16.7 Å². The van der Waals surface area contributed by atoms with Gasteiger partial charge < -0.3 is 5.11 Å². The molecule has 2 heterocycles. The number of halogens is 1. The van der Waals surface area contributed by atoms with Crippen molar-refractivity contribution < 1.29 is 9.90 Å². The normalized spacial score (nSPS) is 19.4. The molecule has 2 aliphatic heterocycles. The Bertz CT molecular complexity index is 1250. The zero-order valence-electron chi connectivity index (χ0n) is 16.9. The summed E-state index contributed by atoms with van der Waals surface area (Å²) >= 11 is 7.40. The molecule has 0 radical (unpaired) electrons. The molecular weight excluding hydrogens is 442 g/mol. The maximum absolute atomic E-state index is 12.6. The molecule has 7 heteroatoms. The number of phenols is 1. The van der Waals surface area contributed by atoms with Gasteiger partial charge in [-0.25, -0.2) is 5.01 Å². The fourth-order valence-electron chi connectivity index (χ4n) is 3.65. The smallest absolute Gasteiger partial charge is 0.286 e. The minimum Gasteiger partial charge on any atom is -0.508 e. The lowest BCUT2D eigenvalue weighted by Gasteiger charge is -2.22. The highest BCUT2D eigenvalue weighted by atomic mass is 35.5. The predicted octanol–water partition coefficient (Wildman–Crippen LogP) is 5.87. The third-order valence-corrected chi connectivity index (χ3v) is 6.49. The second-order valence-electron chi connectivity index (χ2n) is 7.43. The molecule has 1 amide bonds. The van der Waals surface area contributed by atoms with E-state index in [9.17, 15) is 9.90 Å². The van der Waals surface area contributed by atoms with Crippen LogP contribution in [0.5, 0.6) is 5.75 Å². The minimum absolute atomic E-state index is 0.0884. The van der Waals surface area contributed by atoms with Crippen LogP contribution in [0.4, 0.5) is 0 Å². The summed E-state index contributed by atoms with van der Waals surface area (Å²) < 4.78 is 0. The van der Waals surface area contributed by atoms with Crippen molar-refractivity contribution in [2.75, 3.05) is 0 Å². The number of rotatable bonds is 3. The van der Waals surface area contributed by atoms with Crippen molar-refractivity contribution in [2.24, 2.45) is 10.1 Å². The van der Waals surface area contributed by atoms with E-state index in [0.29, 0.717) is 21.5 Å². The number of carbonyl (C=O) groups excluding carboxylic acids is 1. The number of aliphatic imine (C=N–C) groups is 1. The van der Waals surface area contributed by atoms with Crippen LogP contribution in [0, 0.1) is 0 Å². The number of phenolic OH excluding ortho intramolecular Hbond substituents is 1. The highest BCUT2D eigenvalue weighted by molar-refractivity contribution is 8.18. The van der Waals surface area contributed by atoms with E-state index in [0.717, 1.165) is 22.4 Å². The molecule has 0 spiro atoms. The van der Waals surface area contributed by atoms with Gasteiger partial charge in [0, 0.05) is 11.4 Å². The molecule has 3 aromatic carbocycles. The summed E-state index contributed by atoms with van der Waals surface area (Å²) in [6, 6.07) is 24.3. The lowest BCUT2D eigenvalue weighted by atomic mass is 9.99. The second kappa shape index (κ2) is 8.65. The standard InChI is InChI=1S/C25H18ClN3O2S/c26-19-10-8-18(9-11-19)22-15-21(17-4-2-1-3-5-17)28-29(22)25-27-24(31)23(32-25)14-16-6-12-20(30)13-7-16/h1-14,22,30H,15H2/b23-14-. The number of hydrazone groups is 1. The van der Waals surface area contributed by atoms with Crippen LogP contribution in [0.15, 0.2) is 93.9 Å². The number of thioether (sulfide) groups is 1. The van der Waals surface area contributed by atoms with Crippen LogP contribution >= 0.6 is 23.4 Å². The summed E-state index contributed by atoms with van der Waals surface area (Å²) in [5.41, 5.74) is 3.86. The fraction of sp³-hybridized carbons (Fsp3) is 0.0800. The topological polar surface area (TPSA) is 65.3 Å². The van der Waals surface area contributed by atoms with Gasteiger partial charge in [-0.15, -0.1) is 0 Å². The molecule has 0 saturated heterocycles. The van der Waals surface area contributed by atoms with Crippen molar-refractivity contribution in [3.05, 3.63) is 105 Å². The average Bonchev–Trinajstić information content (AvgIpc) is 3.41. The van der Waals surface area contributed by atoms with Gasteiger partial charge in [0.1, 0.15) is 5.75 Å². The Hall–Kier alpha value is -3.35. The molecule has 1 unspecified atom stereocenters. The third kappa shape index (κ3) is 4.20. The molecule has 1 atom stereocenters. The first-order chi connectivity index (χ1) is 15.6. The summed E-state index contributed by atoms with van der Waals surface area (Å²) in [5.74, 6) is -0.114. The van der Waals surface area contributed by atoms with Gasteiger partial charge in [0.15, 0.2) is 5.17 Å². The molecule has 5 rings (SSSR count). The van der Waals surface area contributed by atoms with Gasteiger partial charge in [0.2, 0.25) is 0 Å². The maximum atomic E-state index is 12.6. The van der Waals surface area contributed by atoms with Crippen LogP contribution in [-0.2, 0) is 4.79 Å². The average molecular weight is 460 g/mol. The minimum atomic E-state index is -0.295. The number of amides is 1. The number of aromatic hydroxyl groups is 1. The summed E-state index contributed by atoms with van der Waals surface area (Å²) in [5, 5.41) is 17.4. The second-order valence-corrected chi connectivity index (χ2v) is 8.88. The van der Waals surface area contributed by atoms with E-state index < -0.39 is 0 Å². The van der Waals surface area contributed by atoms with E-state index in [1.807, 2.05) is 59.6 Å². The van der Waals surface area contributed by atoms with Gasteiger partial charge in [-0.1, -0.05) is 66.2 Å². The van der Waals surface area contributed by atoms with Crippen molar-refractivity contribution in [1.82, 2.24) is 5.01 Å². The third-order valence-electron chi connectivity index (χ3n) is 5.27. The van der Waals surface area contributed by atoms with E-state index in [-0.39, 0.29) is 17.7 Å².